The number of benzene rings is 2. The van der Waals surface area contributed by atoms with Gasteiger partial charge >= 0.3 is 0 Å². The van der Waals surface area contributed by atoms with Gasteiger partial charge in [-0.2, -0.15) is 0 Å². The smallest absolute Gasteiger partial charge is 0.238 e. The minimum Gasteiger partial charge on any atom is -0.397 e. The van der Waals surface area contributed by atoms with Crippen LogP contribution in [0.2, 0.25) is 0 Å². The van der Waals surface area contributed by atoms with Crippen LogP contribution in [0, 0.1) is 5.82 Å². The average Bonchev–Trinajstić information content (AvgIpc) is 2.35. The molecule has 0 bridgehead atoms. The molecule has 0 heterocycles. The van der Waals surface area contributed by atoms with Crippen LogP contribution < -0.4 is 16.2 Å². The number of nitrogen functional groups attached to an aromatic ring is 1. The van der Waals surface area contributed by atoms with Gasteiger partial charge in [-0.3, -0.25) is 0 Å². The fraction of sp³-hybridized carbons (Fsp3) is 0. The molecule has 0 aromatic heterocycles. The Morgan fingerprint density at radius 3 is 2.40 bits per heavy atom. The van der Waals surface area contributed by atoms with Crippen molar-refractivity contribution in [1.29, 1.82) is 0 Å². The van der Waals surface area contributed by atoms with E-state index in [-0.39, 0.29) is 16.3 Å². The summed E-state index contributed by atoms with van der Waals surface area (Å²) in [7, 11) is -3.82. The van der Waals surface area contributed by atoms with E-state index in [4.69, 9.17) is 10.9 Å². The zero-order chi connectivity index (χ0) is 14.9. The monoisotopic (exact) mass is 359 g/mol. The van der Waals surface area contributed by atoms with Crippen LogP contribution in [-0.4, -0.2) is 8.42 Å². The fourth-order valence-electron chi connectivity index (χ4n) is 1.57. The normalized spacial score (nSPS) is 11.3. The van der Waals surface area contributed by atoms with Crippen LogP contribution in [-0.2, 0) is 10.0 Å². The molecule has 0 atom stereocenters. The summed E-state index contributed by atoms with van der Waals surface area (Å²) in [5.74, 6) is -0.455. The van der Waals surface area contributed by atoms with Crippen molar-refractivity contribution >= 4 is 43.0 Å². The van der Waals surface area contributed by atoms with Gasteiger partial charge in [-0.25, -0.2) is 17.9 Å². The summed E-state index contributed by atoms with van der Waals surface area (Å²) in [6.45, 7) is 0. The molecule has 0 amide bonds. The Balaban J connectivity index is 2.38. The van der Waals surface area contributed by atoms with E-state index in [1.54, 1.807) is 12.1 Å². The van der Waals surface area contributed by atoms with Crippen LogP contribution in [0.15, 0.2) is 45.8 Å². The summed E-state index contributed by atoms with van der Waals surface area (Å²) in [5.41, 5.74) is 6.49. The van der Waals surface area contributed by atoms with Gasteiger partial charge in [0.2, 0.25) is 10.0 Å². The molecule has 0 saturated carbocycles. The Kier molecular flexibility index (Phi) is 3.98. The number of nitrogens with two attached hydrogens (primary N) is 2. The quantitative estimate of drug-likeness (QED) is 0.733. The van der Waals surface area contributed by atoms with E-state index in [9.17, 15) is 12.8 Å². The van der Waals surface area contributed by atoms with E-state index in [0.29, 0.717) is 10.2 Å². The van der Waals surface area contributed by atoms with Gasteiger partial charge in [-0.1, -0.05) is 15.9 Å². The van der Waals surface area contributed by atoms with Crippen molar-refractivity contribution in [3.63, 3.8) is 0 Å². The topological polar surface area (TPSA) is 98.2 Å². The molecular weight excluding hydrogens is 349 g/mol. The zero-order valence-electron chi connectivity index (χ0n) is 10.1. The van der Waals surface area contributed by atoms with Gasteiger partial charge in [0.25, 0.3) is 0 Å². The van der Waals surface area contributed by atoms with E-state index in [0.717, 1.165) is 0 Å². The Morgan fingerprint density at radius 2 is 1.80 bits per heavy atom. The Bertz CT molecular complexity index is 765. The van der Waals surface area contributed by atoms with E-state index >= 15 is 0 Å². The molecule has 2 rings (SSSR count). The largest absolute Gasteiger partial charge is 0.397 e. The summed E-state index contributed by atoms with van der Waals surface area (Å²) < 4.78 is 36.7. The van der Waals surface area contributed by atoms with Crippen LogP contribution in [0.3, 0.4) is 0 Å². The molecule has 0 fully saturated rings. The molecule has 0 spiro atoms. The van der Waals surface area contributed by atoms with Gasteiger partial charge in [0.15, 0.2) is 0 Å². The number of nitrogens with one attached hydrogen (secondary N) is 1. The molecule has 8 heteroatoms. The van der Waals surface area contributed by atoms with Gasteiger partial charge in [0, 0.05) is 4.47 Å². The van der Waals surface area contributed by atoms with Crippen molar-refractivity contribution in [2.24, 2.45) is 5.14 Å². The van der Waals surface area contributed by atoms with Crippen molar-refractivity contribution in [3.05, 3.63) is 46.7 Å². The van der Waals surface area contributed by atoms with Gasteiger partial charge in [-0.15, -0.1) is 0 Å². The molecule has 0 aliphatic carbocycles. The molecule has 2 aromatic carbocycles. The van der Waals surface area contributed by atoms with Crippen molar-refractivity contribution in [2.45, 2.75) is 4.90 Å². The number of rotatable bonds is 3. The molecule has 20 heavy (non-hydrogen) atoms. The van der Waals surface area contributed by atoms with E-state index in [2.05, 4.69) is 21.2 Å². The molecule has 5 nitrogen and oxygen atoms in total. The molecule has 2 aromatic rings. The third-order valence-electron chi connectivity index (χ3n) is 2.55. The Labute approximate surface area is 124 Å². The summed E-state index contributed by atoms with van der Waals surface area (Å²) in [6.07, 6.45) is 0. The third kappa shape index (κ3) is 3.27. The number of halogens is 2. The number of sulfonamides is 1. The van der Waals surface area contributed by atoms with Crippen molar-refractivity contribution < 1.29 is 12.8 Å². The lowest BCUT2D eigenvalue weighted by molar-refractivity contribution is 0.598. The molecule has 106 valence electrons. The highest BCUT2D eigenvalue weighted by Crippen LogP contribution is 2.28. The predicted octanol–water partition coefficient (Wildman–Crippen LogP) is 2.56. The second kappa shape index (κ2) is 5.39. The second-order valence-corrected chi connectivity index (χ2v) is 6.52. The zero-order valence-corrected chi connectivity index (χ0v) is 12.5. The maximum atomic E-state index is 13.6. The van der Waals surface area contributed by atoms with Crippen LogP contribution in [0.5, 0.6) is 0 Å². The predicted molar refractivity (Wildman–Crippen MR) is 79.6 cm³/mol. The lowest BCUT2D eigenvalue weighted by atomic mass is 10.2. The van der Waals surface area contributed by atoms with Crippen LogP contribution in [0.4, 0.5) is 21.5 Å². The van der Waals surface area contributed by atoms with Gasteiger partial charge in [-0.05, 0) is 36.4 Å². The Morgan fingerprint density at radius 1 is 1.10 bits per heavy atom. The molecular formula is C12H11BrFN3O2S. The summed E-state index contributed by atoms with van der Waals surface area (Å²) in [4.78, 5) is -0.102. The minimum atomic E-state index is -3.82. The maximum absolute atomic E-state index is 13.6. The highest BCUT2D eigenvalue weighted by Gasteiger charge is 2.11. The highest BCUT2D eigenvalue weighted by molar-refractivity contribution is 9.10. The number of primary sulfonamides is 1. The molecule has 0 radical (unpaired) electrons. The number of hydrogen-bond acceptors (Lipinski definition) is 4. The lowest BCUT2D eigenvalue weighted by Gasteiger charge is -2.11. The summed E-state index contributed by atoms with van der Waals surface area (Å²) in [5, 5.41) is 7.80. The van der Waals surface area contributed by atoms with Gasteiger partial charge < -0.3 is 11.1 Å². The third-order valence-corrected chi connectivity index (χ3v) is 3.95. The molecule has 0 unspecified atom stereocenters. The maximum Gasteiger partial charge on any atom is 0.238 e. The van der Waals surface area contributed by atoms with E-state index in [1.165, 1.54) is 24.3 Å². The summed E-state index contributed by atoms with van der Waals surface area (Å²) in [6, 6.07) is 8.34. The molecule has 5 N–H and O–H groups in total. The van der Waals surface area contributed by atoms with Crippen molar-refractivity contribution in [1.82, 2.24) is 0 Å². The van der Waals surface area contributed by atoms with Crippen LogP contribution >= 0.6 is 15.9 Å². The fourth-order valence-corrected chi connectivity index (χ4v) is 2.48. The van der Waals surface area contributed by atoms with Crippen molar-refractivity contribution in [2.75, 3.05) is 11.1 Å². The van der Waals surface area contributed by atoms with Crippen molar-refractivity contribution in [3.8, 4) is 0 Å². The molecule has 0 aliphatic heterocycles. The average molecular weight is 360 g/mol. The van der Waals surface area contributed by atoms with Crippen LogP contribution in [0.1, 0.15) is 0 Å². The highest BCUT2D eigenvalue weighted by atomic mass is 79.9. The first-order valence-electron chi connectivity index (χ1n) is 5.42. The summed E-state index contributed by atoms with van der Waals surface area (Å²) >= 11 is 3.23. The first kappa shape index (κ1) is 14.8. The first-order chi connectivity index (χ1) is 9.27. The lowest BCUT2D eigenvalue weighted by Crippen LogP contribution is -2.12. The van der Waals surface area contributed by atoms with Gasteiger partial charge in [0.05, 0.1) is 22.0 Å². The van der Waals surface area contributed by atoms with Crippen LogP contribution in [0.25, 0.3) is 0 Å². The van der Waals surface area contributed by atoms with E-state index < -0.39 is 15.8 Å². The molecule has 0 aliphatic rings. The van der Waals surface area contributed by atoms with Gasteiger partial charge in [0.1, 0.15) is 5.82 Å². The SMILES string of the molecule is Nc1cc(S(N)(=O)=O)ccc1Nc1cc(Br)ccc1F. The number of anilines is 3. The second-order valence-electron chi connectivity index (χ2n) is 4.04. The molecule has 0 saturated heterocycles. The number of hydrogen-bond donors (Lipinski definition) is 3. The standard InChI is InChI=1S/C12H11BrFN3O2S/c13-7-1-3-9(14)12(5-7)17-11-4-2-8(6-10(11)15)20(16,18)19/h1-6,17H,15H2,(H2,16,18,19). The Hall–Kier alpha value is -1.64. The first-order valence-corrected chi connectivity index (χ1v) is 7.76. The minimum absolute atomic E-state index is 0.102. The van der Waals surface area contributed by atoms with E-state index in [1.807, 2.05) is 0 Å².